The molecule has 0 aliphatic carbocycles. The summed E-state index contributed by atoms with van der Waals surface area (Å²) < 4.78 is 0. The predicted molar refractivity (Wildman–Crippen MR) is 96.6 cm³/mol. The minimum atomic E-state index is 0.745. The highest BCUT2D eigenvalue weighted by Crippen LogP contribution is 2.32. The fraction of sp³-hybridized carbons (Fsp3) is 0.316. The molecule has 0 N–H and O–H groups in total. The van der Waals surface area contributed by atoms with Crippen molar-refractivity contribution in [2.24, 2.45) is 4.99 Å². The molecule has 0 heterocycles. The molecule has 2 rings (SSSR count). The molecular formula is C19H23ClN2. The molecule has 3 heteroatoms. The molecule has 0 radical (unpaired) electrons. The molecule has 0 aromatic heterocycles. The van der Waals surface area contributed by atoms with Gasteiger partial charge in [0.05, 0.1) is 17.0 Å². The van der Waals surface area contributed by atoms with Crippen molar-refractivity contribution in [2.45, 2.75) is 27.2 Å². The normalized spacial score (nSPS) is 11.1. The van der Waals surface area contributed by atoms with E-state index < -0.39 is 0 Å². The van der Waals surface area contributed by atoms with Crippen LogP contribution < -0.4 is 0 Å². The first-order valence-electron chi connectivity index (χ1n) is 7.59. The van der Waals surface area contributed by atoms with Crippen molar-refractivity contribution in [3.8, 4) is 0 Å². The quantitative estimate of drug-likeness (QED) is 0.550. The van der Waals surface area contributed by atoms with Crippen LogP contribution in [0.1, 0.15) is 29.2 Å². The standard InChI is InChI=1S/C19H23ClN2/c1-5-22(4)13-21-18-11-14(2)10-17(19(18)20)12-16-9-7-6-8-15(16)3/h6-11,13H,5,12H2,1-4H3/b21-13-. The average molecular weight is 315 g/mol. The second-order valence-electron chi connectivity index (χ2n) is 5.68. The van der Waals surface area contributed by atoms with Crippen LogP contribution >= 0.6 is 11.6 Å². The van der Waals surface area contributed by atoms with Crippen LogP contribution in [0.15, 0.2) is 41.4 Å². The van der Waals surface area contributed by atoms with Gasteiger partial charge in [-0.2, -0.15) is 0 Å². The van der Waals surface area contributed by atoms with E-state index in [0.717, 1.165) is 29.2 Å². The van der Waals surface area contributed by atoms with E-state index in [9.17, 15) is 0 Å². The van der Waals surface area contributed by atoms with E-state index in [2.05, 4.69) is 56.1 Å². The average Bonchev–Trinajstić information content (AvgIpc) is 2.50. The first-order valence-corrected chi connectivity index (χ1v) is 7.97. The van der Waals surface area contributed by atoms with Crippen LogP contribution in [0.25, 0.3) is 0 Å². The van der Waals surface area contributed by atoms with Crippen molar-refractivity contribution in [2.75, 3.05) is 13.6 Å². The Balaban J connectivity index is 2.35. The van der Waals surface area contributed by atoms with Crippen LogP contribution in [-0.2, 0) is 6.42 Å². The van der Waals surface area contributed by atoms with Gasteiger partial charge in [0.25, 0.3) is 0 Å². The summed E-state index contributed by atoms with van der Waals surface area (Å²) in [7, 11) is 2.00. The SMILES string of the molecule is CCN(C)/C=N\c1cc(C)cc(Cc2ccccc2C)c1Cl. The highest BCUT2D eigenvalue weighted by Gasteiger charge is 2.09. The fourth-order valence-corrected chi connectivity index (χ4v) is 2.53. The Labute approximate surface area is 138 Å². The second-order valence-corrected chi connectivity index (χ2v) is 6.06. The van der Waals surface area contributed by atoms with Crippen molar-refractivity contribution in [3.05, 3.63) is 63.7 Å². The maximum atomic E-state index is 6.58. The smallest absolute Gasteiger partial charge is 0.0910 e. The van der Waals surface area contributed by atoms with Crippen LogP contribution in [0.5, 0.6) is 0 Å². The number of halogens is 1. The Kier molecular flexibility index (Phi) is 5.62. The third-order valence-electron chi connectivity index (χ3n) is 3.81. The maximum absolute atomic E-state index is 6.58. The van der Waals surface area contributed by atoms with E-state index in [0.29, 0.717) is 0 Å². The van der Waals surface area contributed by atoms with Crippen LogP contribution in [0, 0.1) is 13.8 Å². The van der Waals surface area contributed by atoms with Crippen LogP contribution in [0.4, 0.5) is 5.69 Å². The number of benzene rings is 2. The summed E-state index contributed by atoms with van der Waals surface area (Å²) in [6.07, 6.45) is 2.66. The van der Waals surface area contributed by atoms with Crippen LogP contribution in [0.2, 0.25) is 5.02 Å². The van der Waals surface area contributed by atoms with Gasteiger partial charge in [0.15, 0.2) is 0 Å². The largest absolute Gasteiger partial charge is 0.366 e. The van der Waals surface area contributed by atoms with E-state index in [1.165, 1.54) is 16.7 Å². The zero-order valence-corrected chi connectivity index (χ0v) is 14.5. The van der Waals surface area contributed by atoms with Crippen molar-refractivity contribution in [3.63, 3.8) is 0 Å². The minimum Gasteiger partial charge on any atom is -0.366 e. The van der Waals surface area contributed by atoms with Gasteiger partial charge in [-0.15, -0.1) is 0 Å². The first-order chi connectivity index (χ1) is 10.5. The zero-order valence-electron chi connectivity index (χ0n) is 13.7. The Hall–Kier alpha value is -1.80. The van der Waals surface area contributed by atoms with Gasteiger partial charge in [-0.25, -0.2) is 4.99 Å². The molecule has 0 unspecified atom stereocenters. The fourth-order valence-electron chi connectivity index (χ4n) is 2.30. The molecule has 116 valence electrons. The van der Waals surface area contributed by atoms with E-state index in [1.807, 2.05) is 24.4 Å². The molecular weight excluding hydrogens is 292 g/mol. The second kappa shape index (κ2) is 7.46. The number of aryl methyl sites for hydroxylation is 2. The van der Waals surface area contributed by atoms with Crippen LogP contribution in [-0.4, -0.2) is 24.8 Å². The van der Waals surface area contributed by atoms with Gasteiger partial charge in [0.2, 0.25) is 0 Å². The van der Waals surface area contributed by atoms with Gasteiger partial charge in [-0.1, -0.05) is 41.9 Å². The molecule has 0 bridgehead atoms. The maximum Gasteiger partial charge on any atom is 0.0910 e. The Bertz CT molecular complexity index is 677. The topological polar surface area (TPSA) is 15.6 Å². The molecule has 0 aliphatic heterocycles. The molecule has 2 nitrogen and oxygen atoms in total. The lowest BCUT2D eigenvalue weighted by atomic mass is 9.99. The van der Waals surface area contributed by atoms with Crippen molar-refractivity contribution in [1.82, 2.24) is 4.90 Å². The summed E-state index contributed by atoms with van der Waals surface area (Å²) in [6, 6.07) is 12.6. The third kappa shape index (κ3) is 4.11. The van der Waals surface area contributed by atoms with Gasteiger partial charge >= 0.3 is 0 Å². The summed E-state index contributed by atoms with van der Waals surface area (Å²) in [4.78, 5) is 6.56. The highest BCUT2D eigenvalue weighted by molar-refractivity contribution is 6.33. The lowest BCUT2D eigenvalue weighted by Gasteiger charge is -2.12. The summed E-state index contributed by atoms with van der Waals surface area (Å²) in [5.41, 5.74) is 5.73. The molecule has 0 fully saturated rings. The van der Waals surface area contributed by atoms with E-state index in [1.54, 1.807) is 0 Å². The number of nitrogens with zero attached hydrogens (tertiary/aromatic N) is 2. The number of hydrogen-bond donors (Lipinski definition) is 0. The Morgan fingerprint density at radius 1 is 1.14 bits per heavy atom. The van der Waals surface area contributed by atoms with Crippen LogP contribution in [0.3, 0.4) is 0 Å². The Morgan fingerprint density at radius 2 is 1.86 bits per heavy atom. The van der Waals surface area contributed by atoms with E-state index in [4.69, 9.17) is 11.6 Å². The predicted octanol–water partition coefficient (Wildman–Crippen LogP) is 5.16. The van der Waals surface area contributed by atoms with Gasteiger partial charge in [-0.3, -0.25) is 0 Å². The van der Waals surface area contributed by atoms with E-state index >= 15 is 0 Å². The molecule has 22 heavy (non-hydrogen) atoms. The molecule has 0 spiro atoms. The van der Waals surface area contributed by atoms with E-state index in [-0.39, 0.29) is 0 Å². The third-order valence-corrected chi connectivity index (χ3v) is 4.24. The number of hydrogen-bond acceptors (Lipinski definition) is 1. The zero-order chi connectivity index (χ0) is 16.1. The summed E-state index contributed by atoms with van der Waals surface area (Å²) in [5, 5.41) is 0.745. The summed E-state index contributed by atoms with van der Waals surface area (Å²) >= 11 is 6.58. The van der Waals surface area contributed by atoms with Crippen molar-refractivity contribution < 1.29 is 0 Å². The molecule has 0 saturated heterocycles. The monoisotopic (exact) mass is 314 g/mol. The summed E-state index contributed by atoms with van der Waals surface area (Å²) in [5.74, 6) is 0. The lowest BCUT2D eigenvalue weighted by molar-refractivity contribution is 0.552. The minimum absolute atomic E-state index is 0.745. The van der Waals surface area contributed by atoms with Gasteiger partial charge in [0.1, 0.15) is 0 Å². The molecule has 0 amide bonds. The molecule has 0 saturated carbocycles. The number of aliphatic imine (C=N–C) groups is 1. The summed E-state index contributed by atoms with van der Waals surface area (Å²) in [6.45, 7) is 7.23. The Morgan fingerprint density at radius 3 is 2.55 bits per heavy atom. The highest BCUT2D eigenvalue weighted by atomic mass is 35.5. The molecule has 0 aliphatic rings. The first kappa shape index (κ1) is 16.6. The van der Waals surface area contributed by atoms with Crippen molar-refractivity contribution in [1.29, 1.82) is 0 Å². The number of rotatable bonds is 5. The van der Waals surface area contributed by atoms with Gasteiger partial charge < -0.3 is 4.90 Å². The van der Waals surface area contributed by atoms with Gasteiger partial charge in [0, 0.05) is 13.6 Å². The molecule has 2 aromatic carbocycles. The lowest BCUT2D eigenvalue weighted by Crippen LogP contribution is -2.14. The van der Waals surface area contributed by atoms with Gasteiger partial charge in [-0.05, 0) is 55.5 Å². The van der Waals surface area contributed by atoms with Crippen molar-refractivity contribution >= 4 is 23.6 Å². The molecule has 0 atom stereocenters. The molecule has 2 aromatic rings.